The van der Waals surface area contributed by atoms with Crippen molar-refractivity contribution in [1.29, 1.82) is 0 Å². The van der Waals surface area contributed by atoms with Gasteiger partial charge in [0.05, 0.1) is 5.41 Å². The number of fused-ring (bicyclic) bond motifs is 1. The number of aliphatic carboxylic acids is 1. The number of anilines is 2. The highest BCUT2D eigenvalue weighted by molar-refractivity contribution is 5.99. The van der Waals surface area contributed by atoms with Crippen molar-refractivity contribution in [3.8, 4) is 11.1 Å². The van der Waals surface area contributed by atoms with Crippen molar-refractivity contribution < 1.29 is 19.1 Å². The molecule has 1 aromatic heterocycles. The van der Waals surface area contributed by atoms with Crippen molar-refractivity contribution in [2.24, 2.45) is 5.41 Å². The maximum atomic E-state index is 12.5. The first kappa shape index (κ1) is 23.2. The molecule has 174 valence electrons. The second kappa shape index (κ2) is 9.51. The first-order chi connectivity index (χ1) is 16.2. The number of oxazole rings is 1. The number of nitrogens with zero attached hydrogens (tertiary/aromatic N) is 1. The van der Waals surface area contributed by atoms with Crippen LogP contribution in [0.4, 0.5) is 11.7 Å². The van der Waals surface area contributed by atoms with Crippen LogP contribution < -0.4 is 5.32 Å². The van der Waals surface area contributed by atoms with E-state index < -0.39 is 11.4 Å². The summed E-state index contributed by atoms with van der Waals surface area (Å²) < 4.78 is 5.81. The summed E-state index contributed by atoms with van der Waals surface area (Å²) in [5, 5.41) is 12.5. The Morgan fingerprint density at radius 2 is 1.62 bits per heavy atom. The molecule has 0 bridgehead atoms. The lowest BCUT2D eigenvalue weighted by atomic mass is 9.85. The lowest BCUT2D eigenvalue weighted by molar-refractivity contribution is -0.146. The molecule has 0 unspecified atom stereocenters. The Morgan fingerprint density at radius 3 is 2.24 bits per heavy atom. The van der Waals surface area contributed by atoms with E-state index in [1.807, 2.05) is 42.5 Å². The maximum Gasteiger partial charge on any atom is 0.309 e. The number of hydrogen-bond donors (Lipinski definition) is 2. The Morgan fingerprint density at radius 1 is 0.971 bits per heavy atom. The quantitative estimate of drug-likeness (QED) is 0.267. The molecule has 0 fully saturated rings. The molecular formula is C28H28N2O4. The maximum absolute atomic E-state index is 12.5. The molecule has 0 aliphatic carbocycles. The number of rotatable bonds is 9. The van der Waals surface area contributed by atoms with Crippen LogP contribution >= 0.6 is 0 Å². The molecule has 0 radical (unpaired) electrons. The van der Waals surface area contributed by atoms with Gasteiger partial charge in [-0.2, -0.15) is 4.98 Å². The minimum absolute atomic E-state index is 0.0439. The van der Waals surface area contributed by atoms with Crippen molar-refractivity contribution in [1.82, 2.24) is 4.98 Å². The Kier molecular flexibility index (Phi) is 6.50. The summed E-state index contributed by atoms with van der Waals surface area (Å²) in [5.74, 6) is -1.16. The number of aryl methyl sites for hydroxylation is 1. The number of ketones is 1. The third kappa shape index (κ3) is 5.17. The summed E-state index contributed by atoms with van der Waals surface area (Å²) in [5.41, 5.74) is 5.07. The predicted octanol–water partition coefficient (Wildman–Crippen LogP) is 6.87. The average molecular weight is 457 g/mol. The molecule has 0 saturated heterocycles. The molecule has 0 aliphatic rings. The van der Waals surface area contributed by atoms with Crippen LogP contribution in [-0.4, -0.2) is 21.8 Å². The first-order valence-electron chi connectivity index (χ1n) is 11.4. The third-order valence-corrected chi connectivity index (χ3v) is 5.85. The number of hydrogen-bond acceptors (Lipinski definition) is 5. The van der Waals surface area contributed by atoms with Crippen LogP contribution in [0.3, 0.4) is 0 Å². The highest BCUT2D eigenvalue weighted by Gasteiger charge is 2.30. The normalized spacial score (nSPS) is 11.5. The summed E-state index contributed by atoms with van der Waals surface area (Å²) in [6.07, 6.45) is 2.06. The number of aromatic nitrogens is 1. The molecule has 34 heavy (non-hydrogen) atoms. The van der Waals surface area contributed by atoms with Gasteiger partial charge in [-0.3, -0.25) is 9.59 Å². The van der Waals surface area contributed by atoms with Gasteiger partial charge >= 0.3 is 5.97 Å². The highest BCUT2D eigenvalue weighted by atomic mass is 16.4. The lowest BCUT2D eigenvalue weighted by Gasteiger charge is -2.17. The van der Waals surface area contributed by atoms with Crippen LogP contribution in [0, 0.1) is 5.41 Å². The van der Waals surface area contributed by atoms with E-state index in [2.05, 4.69) is 29.4 Å². The van der Waals surface area contributed by atoms with Crippen molar-refractivity contribution >= 4 is 34.6 Å². The summed E-state index contributed by atoms with van der Waals surface area (Å²) in [6, 6.07) is 21.6. The Labute approximate surface area is 198 Å². The van der Waals surface area contributed by atoms with Crippen molar-refractivity contribution in [2.45, 2.75) is 40.0 Å². The molecule has 4 rings (SSSR count). The number of Topliss-reactive ketones (excluding diaryl/α,β-unsaturated/α-hetero) is 1. The van der Waals surface area contributed by atoms with E-state index in [1.54, 1.807) is 26.0 Å². The number of carbonyl (C=O) groups is 2. The summed E-state index contributed by atoms with van der Waals surface area (Å²) in [6.45, 7) is 5.27. The standard InChI is InChI=1S/C28H28N2O4/c1-4-5-18-6-15-25-23(16-18)30-27(34-25)29-22-13-11-20(12-14-22)19-7-9-21(10-8-19)24(31)17-28(2,3)26(32)33/h6-16H,4-5,17H2,1-3H3,(H,29,30)(H,32,33). The molecule has 4 aromatic rings. The zero-order valence-corrected chi connectivity index (χ0v) is 19.6. The molecule has 2 N–H and O–H groups in total. The van der Waals surface area contributed by atoms with E-state index in [1.165, 1.54) is 5.56 Å². The van der Waals surface area contributed by atoms with E-state index in [4.69, 9.17) is 4.42 Å². The zero-order valence-electron chi connectivity index (χ0n) is 19.6. The van der Waals surface area contributed by atoms with Gasteiger partial charge in [0.2, 0.25) is 0 Å². The van der Waals surface area contributed by atoms with E-state index in [9.17, 15) is 14.7 Å². The van der Waals surface area contributed by atoms with Crippen molar-refractivity contribution in [3.05, 3.63) is 77.9 Å². The van der Waals surface area contributed by atoms with E-state index in [0.29, 0.717) is 11.6 Å². The first-order valence-corrected chi connectivity index (χ1v) is 11.4. The topological polar surface area (TPSA) is 92.4 Å². The summed E-state index contributed by atoms with van der Waals surface area (Å²) in [4.78, 5) is 28.3. The van der Waals surface area contributed by atoms with Crippen molar-refractivity contribution in [3.63, 3.8) is 0 Å². The van der Waals surface area contributed by atoms with Gasteiger partial charge in [0.25, 0.3) is 6.01 Å². The number of carbonyl (C=O) groups excluding carboxylic acids is 1. The van der Waals surface area contributed by atoms with Crippen LogP contribution in [-0.2, 0) is 11.2 Å². The Hall–Kier alpha value is -3.93. The second-order valence-corrected chi connectivity index (χ2v) is 9.14. The van der Waals surface area contributed by atoms with Crippen LogP contribution in [0.15, 0.2) is 71.1 Å². The molecule has 3 aromatic carbocycles. The highest BCUT2D eigenvalue weighted by Crippen LogP contribution is 2.27. The Bertz CT molecular complexity index is 1320. The fourth-order valence-corrected chi connectivity index (χ4v) is 3.77. The monoisotopic (exact) mass is 456 g/mol. The zero-order chi connectivity index (χ0) is 24.3. The molecule has 0 amide bonds. The number of carboxylic acids is 1. The number of nitrogens with one attached hydrogen (secondary N) is 1. The molecular weight excluding hydrogens is 428 g/mol. The number of benzene rings is 3. The van der Waals surface area contributed by atoms with E-state index in [-0.39, 0.29) is 12.2 Å². The van der Waals surface area contributed by atoms with Gasteiger partial charge in [-0.1, -0.05) is 55.8 Å². The van der Waals surface area contributed by atoms with Gasteiger partial charge in [0, 0.05) is 17.7 Å². The van der Waals surface area contributed by atoms with Gasteiger partial charge in [-0.05, 0) is 61.2 Å². The van der Waals surface area contributed by atoms with Crippen LogP contribution in [0.25, 0.3) is 22.2 Å². The molecule has 6 heteroatoms. The van der Waals surface area contributed by atoms with Gasteiger partial charge in [0.1, 0.15) is 5.52 Å². The average Bonchev–Trinajstić information content (AvgIpc) is 3.21. The number of carboxylic acid groups (broad SMARTS) is 1. The lowest BCUT2D eigenvalue weighted by Crippen LogP contribution is -2.26. The molecule has 6 nitrogen and oxygen atoms in total. The largest absolute Gasteiger partial charge is 0.481 e. The van der Waals surface area contributed by atoms with Gasteiger partial charge < -0.3 is 14.8 Å². The Balaban J connectivity index is 1.44. The predicted molar refractivity (Wildman–Crippen MR) is 134 cm³/mol. The fraction of sp³-hybridized carbons (Fsp3) is 0.250. The van der Waals surface area contributed by atoms with Gasteiger partial charge in [-0.25, -0.2) is 0 Å². The molecule has 0 saturated carbocycles. The second-order valence-electron chi connectivity index (χ2n) is 9.14. The minimum Gasteiger partial charge on any atom is -0.481 e. The molecule has 0 aliphatic heterocycles. The molecule has 1 heterocycles. The van der Waals surface area contributed by atoms with Gasteiger partial charge in [-0.15, -0.1) is 0 Å². The van der Waals surface area contributed by atoms with Crippen LogP contribution in [0.5, 0.6) is 0 Å². The molecule has 0 spiro atoms. The third-order valence-electron chi connectivity index (χ3n) is 5.85. The summed E-state index contributed by atoms with van der Waals surface area (Å²) >= 11 is 0. The van der Waals surface area contributed by atoms with E-state index >= 15 is 0 Å². The summed E-state index contributed by atoms with van der Waals surface area (Å²) in [7, 11) is 0. The van der Waals surface area contributed by atoms with Crippen LogP contribution in [0.2, 0.25) is 0 Å². The van der Waals surface area contributed by atoms with Crippen LogP contribution in [0.1, 0.15) is 49.5 Å². The minimum atomic E-state index is -1.09. The van der Waals surface area contributed by atoms with Gasteiger partial charge in [0.15, 0.2) is 11.4 Å². The smallest absolute Gasteiger partial charge is 0.309 e. The fourth-order valence-electron chi connectivity index (χ4n) is 3.77. The SMILES string of the molecule is CCCc1ccc2oc(Nc3ccc(-c4ccc(C(=O)CC(C)(C)C(=O)O)cc4)cc3)nc2c1. The molecule has 0 atom stereocenters. The van der Waals surface area contributed by atoms with Crippen molar-refractivity contribution in [2.75, 3.05) is 5.32 Å². The van der Waals surface area contributed by atoms with E-state index in [0.717, 1.165) is 40.8 Å².